The molecular weight excluding hydrogens is 371 g/mol. The van der Waals surface area contributed by atoms with Crippen LogP contribution in [0.5, 0.6) is 17.4 Å². The molecule has 9 heteroatoms. The molecule has 0 unspecified atom stereocenters. The third-order valence-corrected chi connectivity index (χ3v) is 4.09. The Hall–Kier alpha value is -1.96. The standard InChI is InChI=1S/C16H18Cl2N2O5/c1-8-10(4-5-21)15(20(3)19-8)25-14-7-13(11(17)6-12(14)18)24-9(2)16(22)23/h6-7,9,21H,4-5H2,1-3H3,(H,22,23)/t9-/m0/s1. The second kappa shape index (κ2) is 7.95. The first-order chi connectivity index (χ1) is 11.7. The number of aliphatic hydroxyl groups is 1. The number of ether oxygens (including phenoxy) is 2. The van der Waals surface area contributed by atoms with Gasteiger partial charge in [-0.25, -0.2) is 9.48 Å². The molecule has 0 aliphatic carbocycles. The maximum absolute atomic E-state index is 11.0. The molecule has 0 saturated heterocycles. The monoisotopic (exact) mass is 388 g/mol. The first kappa shape index (κ1) is 19.4. The number of aliphatic carboxylic acids is 1. The van der Waals surface area contributed by atoms with Crippen molar-refractivity contribution in [1.82, 2.24) is 9.78 Å². The van der Waals surface area contributed by atoms with Crippen molar-refractivity contribution < 1.29 is 24.5 Å². The van der Waals surface area contributed by atoms with Crippen LogP contribution in [0.4, 0.5) is 0 Å². The van der Waals surface area contributed by atoms with Crippen molar-refractivity contribution in [1.29, 1.82) is 0 Å². The van der Waals surface area contributed by atoms with Gasteiger partial charge in [-0.1, -0.05) is 23.2 Å². The SMILES string of the molecule is Cc1nn(C)c(Oc2cc(O[C@@H](C)C(=O)O)c(Cl)cc2Cl)c1CCO. The number of aromatic nitrogens is 2. The first-order valence-electron chi connectivity index (χ1n) is 7.44. The van der Waals surface area contributed by atoms with Gasteiger partial charge in [-0.15, -0.1) is 0 Å². The summed E-state index contributed by atoms with van der Waals surface area (Å²) in [5.74, 6) is -0.326. The normalized spacial score (nSPS) is 12.1. The second-order valence-corrected chi connectivity index (χ2v) is 6.19. The number of aryl methyl sites for hydroxylation is 2. The van der Waals surface area contributed by atoms with E-state index in [1.807, 2.05) is 6.92 Å². The number of aliphatic hydroxyl groups excluding tert-OH is 1. The van der Waals surface area contributed by atoms with E-state index >= 15 is 0 Å². The molecule has 1 heterocycles. The zero-order valence-corrected chi connectivity index (χ0v) is 15.4. The van der Waals surface area contributed by atoms with Gasteiger partial charge < -0.3 is 19.7 Å². The van der Waals surface area contributed by atoms with Crippen LogP contribution in [-0.2, 0) is 18.3 Å². The average molecular weight is 389 g/mol. The van der Waals surface area contributed by atoms with Gasteiger partial charge in [-0.3, -0.25) is 0 Å². The van der Waals surface area contributed by atoms with Crippen LogP contribution >= 0.6 is 23.2 Å². The minimum atomic E-state index is -1.12. The molecule has 136 valence electrons. The van der Waals surface area contributed by atoms with Crippen LogP contribution in [0.1, 0.15) is 18.2 Å². The Morgan fingerprint density at radius 1 is 1.32 bits per heavy atom. The van der Waals surface area contributed by atoms with Crippen molar-refractivity contribution in [3.8, 4) is 17.4 Å². The average Bonchev–Trinajstić information content (AvgIpc) is 2.78. The summed E-state index contributed by atoms with van der Waals surface area (Å²) in [6.07, 6.45) is -0.713. The van der Waals surface area contributed by atoms with E-state index in [0.29, 0.717) is 12.3 Å². The number of rotatable bonds is 7. The topological polar surface area (TPSA) is 93.8 Å². The fourth-order valence-corrected chi connectivity index (χ4v) is 2.70. The van der Waals surface area contributed by atoms with Crippen molar-refractivity contribution in [2.24, 2.45) is 7.05 Å². The Morgan fingerprint density at radius 3 is 2.56 bits per heavy atom. The molecule has 1 aromatic heterocycles. The molecule has 25 heavy (non-hydrogen) atoms. The van der Waals surface area contributed by atoms with Gasteiger partial charge in [0.15, 0.2) is 11.9 Å². The lowest BCUT2D eigenvalue weighted by Gasteiger charge is -2.15. The predicted molar refractivity (Wildman–Crippen MR) is 93.0 cm³/mol. The largest absolute Gasteiger partial charge is 0.479 e. The fourth-order valence-electron chi connectivity index (χ4n) is 2.23. The second-order valence-electron chi connectivity index (χ2n) is 5.38. The third kappa shape index (κ3) is 4.36. The summed E-state index contributed by atoms with van der Waals surface area (Å²) >= 11 is 12.2. The number of hydrogen-bond acceptors (Lipinski definition) is 5. The number of carboxylic acids is 1. The highest BCUT2D eigenvalue weighted by molar-refractivity contribution is 6.36. The maximum atomic E-state index is 11.0. The zero-order valence-electron chi connectivity index (χ0n) is 13.9. The van der Waals surface area contributed by atoms with Gasteiger partial charge in [0, 0.05) is 31.7 Å². The summed E-state index contributed by atoms with van der Waals surface area (Å²) in [5.41, 5.74) is 1.48. The molecule has 0 saturated carbocycles. The van der Waals surface area contributed by atoms with Crippen LogP contribution in [0.2, 0.25) is 10.0 Å². The minimum absolute atomic E-state index is 0.0538. The van der Waals surface area contributed by atoms with Gasteiger partial charge in [0.05, 0.1) is 15.7 Å². The van der Waals surface area contributed by atoms with E-state index in [0.717, 1.165) is 11.3 Å². The first-order valence-corrected chi connectivity index (χ1v) is 8.19. The fraction of sp³-hybridized carbons (Fsp3) is 0.375. The zero-order chi connectivity index (χ0) is 18.7. The molecule has 1 atom stereocenters. The lowest BCUT2D eigenvalue weighted by molar-refractivity contribution is -0.144. The number of carbonyl (C=O) groups is 1. The summed E-state index contributed by atoms with van der Waals surface area (Å²) in [6, 6.07) is 2.84. The van der Waals surface area contributed by atoms with Crippen LogP contribution in [0, 0.1) is 6.92 Å². The summed E-state index contributed by atoms with van der Waals surface area (Å²) in [5, 5.41) is 22.9. The summed E-state index contributed by atoms with van der Waals surface area (Å²) in [6.45, 7) is 3.14. The lowest BCUT2D eigenvalue weighted by Crippen LogP contribution is -2.23. The van der Waals surface area contributed by atoms with Gasteiger partial charge in [0.1, 0.15) is 5.75 Å². The van der Waals surface area contributed by atoms with E-state index in [9.17, 15) is 9.90 Å². The van der Waals surface area contributed by atoms with E-state index in [1.54, 1.807) is 7.05 Å². The molecule has 0 spiro atoms. The number of carboxylic acid groups (broad SMARTS) is 1. The van der Waals surface area contributed by atoms with Crippen LogP contribution in [0.25, 0.3) is 0 Å². The summed E-state index contributed by atoms with van der Waals surface area (Å²) < 4.78 is 12.7. The summed E-state index contributed by atoms with van der Waals surface area (Å²) in [7, 11) is 1.71. The van der Waals surface area contributed by atoms with Crippen LogP contribution in [0.3, 0.4) is 0 Å². The summed E-state index contributed by atoms with van der Waals surface area (Å²) in [4.78, 5) is 11.0. The maximum Gasteiger partial charge on any atom is 0.344 e. The van der Waals surface area contributed by atoms with E-state index in [-0.39, 0.29) is 28.2 Å². The molecule has 0 fully saturated rings. The van der Waals surface area contributed by atoms with Crippen molar-refractivity contribution in [3.63, 3.8) is 0 Å². The third-order valence-electron chi connectivity index (χ3n) is 3.50. The van der Waals surface area contributed by atoms with Crippen molar-refractivity contribution in [2.45, 2.75) is 26.4 Å². The van der Waals surface area contributed by atoms with Crippen LogP contribution in [0.15, 0.2) is 12.1 Å². The van der Waals surface area contributed by atoms with Crippen LogP contribution < -0.4 is 9.47 Å². The Balaban J connectivity index is 2.39. The molecule has 0 aliphatic rings. The van der Waals surface area contributed by atoms with Gasteiger partial charge >= 0.3 is 5.97 Å². The van der Waals surface area contributed by atoms with Crippen molar-refractivity contribution >= 4 is 29.2 Å². The smallest absolute Gasteiger partial charge is 0.344 e. The Bertz CT molecular complexity index is 791. The van der Waals surface area contributed by atoms with Gasteiger partial charge in [-0.2, -0.15) is 5.10 Å². The number of halogens is 2. The lowest BCUT2D eigenvalue weighted by atomic mass is 10.2. The van der Waals surface area contributed by atoms with E-state index in [4.69, 9.17) is 37.8 Å². The molecule has 0 radical (unpaired) electrons. The quantitative estimate of drug-likeness (QED) is 0.755. The van der Waals surface area contributed by atoms with Gasteiger partial charge in [-0.05, 0) is 19.9 Å². The van der Waals surface area contributed by atoms with E-state index in [2.05, 4.69) is 5.10 Å². The van der Waals surface area contributed by atoms with Crippen molar-refractivity contribution in [2.75, 3.05) is 6.61 Å². The molecule has 0 aliphatic heterocycles. The number of hydrogen-bond donors (Lipinski definition) is 2. The molecule has 0 bridgehead atoms. The van der Waals surface area contributed by atoms with Gasteiger partial charge in [0.2, 0.25) is 5.88 Å². The van der Waals surface area contributed by atoms with E-state index in [1.165, 1.54) is 23.7 Å². The minimum Gasteiger partial charge on any atom is -0.479 e. The number of nitrogens with zero attached hydrogens (tertiary/aromatic N) is 2. The molecule has 1 aromatic carbocycles. The Morgan fingerprint density at radius 2 is 1.96 bits per heavy atom. The molecule has 2 N–H and O–H groups in total. The van der Waals surface area contributed by atoms with Crippen molar-refractivity contribution in [3.05, 3.63) is 33.4 Å². The highest BCUT2D eigenvalue weighted by atomic mass is 35.5. The number of benzene rings is 1. The molecule has 0 amide bonds. The molecular formula is C16H18Cl2N2O5. The Kier molecular flexibility index (Phi) is 6.16. The molecule has 2 aromatic rings. The van der Waals surface area contributed by atoms with Gasteiger partial charge in [0.25, 0.3) is 0 Å². The Labute approximate surface area is 154 Å². The highest BCUT2D eigenvalue weighted by Gasteiger charge is 2.20. The molecule has 2 rings (SSSR count). The predicted octanol–water partition coefficient (Wildman–Crippen LogP) is 3.21. The highest BCUT2D eigenvalue weighted by Crippen LogP contribution is 2.39. The molecule has 7 nitrogen and oxygen atoms in total. The van der Waals surface area contributed by atoms with E-state index < -0.39 is 12.1 Å². The van der Waals surface area contributed by atoms with Crippen LogP contribution in [-0.4, -0.2) is 38.7 Å².